The topological polar surface area (TPSA) is 106 Å². The Bertz CT molecular complexity index is 1330. The lowest BCUT2D eigenvalue weighted by molar-refractivity contribution is 0.306. The van der Waals surface area contributed by atoms with Crippen LogP contribution in [0.4, 0.5) is 11.4 Å². The summed E-state index contributed by atoms with van der Waals surface area (Å²) in [6, 6.07) is 16.4. The first-order valence-corrected chi connectivity index (χ1v) is 11.4. The summed E-state index contributed by atoms with van der Waals surface area (Å²) in [5, 5.41) is 13.0. The highest BCUT2D eigenvalue weighted by Crippen LogP contribution is 2.29. The van der Waals surface area contributed by atoms with Crippen molar-refractivity contribution < 1.29 is 9.47 Å². The summed E-state index contributed by atoms with van der Waals surface area (Å²) in [7, 11) is 1.59. The number of nitrogens with one attached hydrogen (secondary N) is 2. The van der Waals surface area contributed by atoms with Gasteiger partial charge in [-0.05, 0) is 42.5 Å². The van der Waals surface area contributed by atoms with Crippen LogP contribution in [0.5, 0.6) is 11.5 Å². The standard InChI is InChI=1S/C26H23Cl2N5O2/c1-34-20-9-16(8-18(10-20)33-12-17-4-2-3-7-32-17)26(30)21-11-19(5-6-25(21)29)35-15-22-23(27)13-31-14-24(22)28/h2-11,13-14,30,33H,12,15,29H2,1H3. The van der Waals surface area contributed by atoms with Gasteiger partial charge in [0.1, 0.15) is 18.1 Å². The van der Waals surface area contributed by atoms with E-state index < -0.39 is 0 Å². The maximum absolute atomic E-state index is 8.86. The molecule has 9 heteroatoms. The van der Waals surface area contributed by atoms with Crippen molar-refractivity contribution in [2.24, 2.45) is 0 Å². The van der Waals surface area contributed by atoms with Crippen LogP contribution in [0.1, 0.15) is 22.4 Å². The molecule has 178 valence electrons. The fourth-order valence-electron chi connectivity index (χ4n) is 3.39. The van der Waals surface area contributed by atoms with Gasteiger partial charge in [-0.3, -0.25) is 15.4 Å². The molecule has 0 aliphatic carbocycles. The zero-order chi connectivity index (χ0) is 24.8. The molecule has 4 N–H and O–H groups in total. The number of ether oxygens (including phenoxy) is 2. The third-order valence-electron chi connectivity index (χ3n) is 5.26. The van der Waals surface area contributed by atoms with Crippen LogP contribution in [0, 0.1) is 5.41 Å². The minimum Gasteiger partial charge on any atom is -0.497 e. The Morgan fingerprint density at radius 1 is 1.03 bits per heavy atom. The molecule has 0 aliphatic rings. The number of hydrogen-bond acceptors (Lipinski definition) is 7. The van der Waals surface area contributed by atoms with E-state index in [1.165, 1.54) is 12.4 Å². The predicted molar refractivity (Wildman–Crippen MR) is 140 cm³/mol. The number of anilines is 2. The van der Waals surface area contributed by atoms with E-state index in [0.29, 0.717) is 50.5 Å². The maximum Gasteiger partial charge on any atom is 0.121 e. The van der Waals surface area contributed by atoms with Crippen LogP contribution in [0.15, 0.2) is 73.2 Å². The number of hydrogen-bond donors (Lipinski definition) is 3. The highest BCUT2D eigenvalue weighted by atomic mass is 35.5. The van der Waals surface area contributed by atoms with Gasteiger partial charge in [0, 0.05) is 52.7 Å². The number of nitrogens with two attached hydrogens (primary N) is 1. The predicted octanol–water partition coefficient (Wildman–Crippen LogP) is 5.98. The van der Waals surface area contributed by atoms with Gasteiger partial charge in [0.05, 0.1) is 35.1 Å². The van der Waals surface area contributed by atoms with Gasteiger partial charge in [0.2, 0.25) is 0 Å². The van der Waals surface area contributed by atoms with Crippen molar-refractivity contribution in [2.45, 2.75) is 13.2 Å². The summed E-state index contributed by atoms with van der Waals surface area (Å²) < 4.78 is 11.4. The number of rotatable bonds is 9. The third-order valence-corrected chi connectivity index (χ3v) is 5.91. The summed E-state index contributed by atoms with van der Waals surface area (Å²) in [5.74, 6) is 1.14. The van der Waals surface area contributed by atoms with Crippen molar-refractivity contribution in [2.75, 3.05) is 18.2 Å². The Balaban J connectivity index is 1.56. The van der Waals surface area contributed by atoms with E-state index in [1.807, 2.05) is 30.3 Å². The molecule has 7 nitrogen and oxygen atoms in total. The molecule has 0 bridgehead atoms. The second-order valence-electron chi connectivity index (χ2n) is 7.62. The Morgan fingerprint density at radius 2 is 1.83 bits per heavy atom. The number of pyridine rings is 2. The molecule has 0 saturated carbocycles. The molecule has 2 aromatic heterocycles. The normalized spacial score (nSPS) is 10.6. The zero-order valence-corrected chi connectivity index (χ0v) is 20.4. The highest BCUT2D eigenvalue weighted by Gasteiger charge is 2.14. The van der Waals surface area contributed by atoms with Gasteiger partial charge in [-0.15, -0.1) is 0 Å². The molecule has 0 unspecified atom stereocenters. The monoisotopic (exact) mass is 507 g/mol. The van der Waals surface area contributed by atoms with Crippen molar-refractivity contribution in [3.05, 3.63) is 106 Å². The fraction of sp³-hybridized carbons (Fsp3) is 0.115. The number of nitrogens with zero attached hydrogens (tertiary/aromatic N) is 2. The van der Waals surface area contributed by atoms with E-state index in [-0.39, 0.29) is 12.3 Å². The van der Waals surface area contributed by atoms with Gasteiger partial charge in [-0.2, -0.15) is 0 Å². The third kappa shape index (κ3) is 6.01. The van der Waals surface area contributed by atoms with Gasteiger partial charge in [-0.1, -0.05) is 29.3 Å². The second kappa shape index (κ2) is 11.1. The van der Waals surface area contributed by atoms with Crippen LogP contribution in [0.25, 0.3) is 0 Å². The van der Waals surface area contributed by atoms with Gasteiger partial charge in [0.25, 0.3) is 0 Å². The lowest BCUT2D eigenvalue weighted by Crippen LogP contribution is -2.08. The molecule has 4 rings (SSSR count). The molecule has 2 heterocycles. The minimum absolute atomic E-state index is 0.150. The van der Waals surface area contributed by atoms with E-state index in [9.17, 15) is 0 Å². The SMILES string of the molecule is COc1cc(NCc2ccccn2)cc(C(=N)c2cc(OCc3c(Cl)cncc3Cl)ccc2N)c1. The summed E-state index contributed by atoms with van der Waals surface area (Å²) in [6.07, 6.45) is 4.77. The Hall–Kier alpha value is -3.81. The van der Waals surface area contributed by atoms with Crippen LogP contribution >= 0.6 is 23.2 Å². The van der Waals surface area contributed by atoms with E-state index in [2.05, 4.69) is 15.3 Å². The zero-order valence-electron chi connectivity index (χ0n) is 18.9. The van der Waals surface area contributed by atoms with Crippen molar-refractivity contribution in [3.63, 3.8) is 0 Å². The van der Waals surface area contributed by atoms with Crippen molar-refractivity contribution >= 4 is 40.3 Å². The second-order valence-corrected chi connectivity index (χ2v) is 8.43. The van der Waals surface area contributed by atoms with E-state index in [4.69, 9.17) is 43.8 Å². The van der Waals surface area contributed by atoms with E-state index in [0.717, 1.165) is 11.4 Å². The molecular formula is C26H23Cl2N5O2. The fourth-order valence-corrected chi connectivity index (χ4v) is 3.86. The van der Waals surface area contributed by atoms with Crippen LogP contribution < -0.4 is 20.5 Å². The lowest BCUT2D eigenvalue weighted by Gasteiger charge is -2.15. The Kier molecular flexibility index (Phi) is 7.70. The number of methoxy groups -OCH3 is 1. The first kappa shape index (κ1) is 24.3. The van der Waals surface area contributed by atoms with Crippen molar-refractivity contribution in [3.8, 4) is 11.5 Å². The van der Waals surface area contributed by atoms with Crippen LogP contribution in [-0.2, 0) is 13.2 Å². The number of benzene rings is 2. The molecule has 35 heavy (non-hydrogen) atoms. The lowest BCUT2D eigenvalue weighted by atomic mass is 9.99. The van der Waals surface area contributed by atoms with Crippen LogP contribution in [0.2, 0.25) is 10.0 Å². The molecule has 0 saturated heterocycles. The Morgan fingerprint density at radius 3 is 2.54 bits per heavy atom. The van der Waals surface area contributed by atoms with Gasteiger partial charge < -0.3 is 20.5 Å². The highest BCUT2D eigenvalue weighted by molar-refractivity contribution is 6.35. The first-order valence-electron chi connectivity index (χ1n) is 10.7. The summed E-state index contributed by atoms with van der Waals surface area (Å²) >= 11 is 12.4. The van der Waals surface area contributed by atoms with E-state index >= 15 is 0 Å². The molecule has 0 fully saturated rings. The number of nitrogen functional groups attached to an aromatic ring is 1. The van der Waals surface area contributed by atoms with Crippen LogP contribution in [0.3, 0.4) is 0 Å². The van der Waals surface area contributed by atoms with Crippen molar-refractivity contribution in [1.29, 1.82) is 5.41 Å². The molecular weight excluding hydrogens is 485 g/mol. The molecule has 0 radical (unpaired) electrons. The summed E-state index contributed by atoms with van der Waals surface area (Å²) in [6.45, 7) is 0.685. The summed E-state index contributed by atoms with van der Waals surface area (Å²) in [4.78, 5) is 8.28. The molecule has 0 amide bonds. The Labute approximate surface area is 213 Å². The molecule has 0 aliphatic heterocycles. The maximum atomic E-state index is 8.86. The molecule has 0 spiro atoms. The molecule has 4 aromatic rings. The number of halogens is 2. The average molecular weight is 508 g/mol. The first-order chi connectivity index (χ1) is 16.9. The van der Waals surface area contributed by atoms with Gasteiger partial charge in [-0.25, -0.2) is 0 Å². The van der Waals surface area contributed by atoms with Crippen molar-refractivity contribution in [1.82, 2.24) is 9.97 Å². The van der Waals surface area contributed by atoms with Gasteiger partial charge >= 0.3 is 0 Å². The van der Waals surface area contributed by atoms with Gasteiger partial charge in [0.15, 0.2) is 0 Å². The smallest absolute Gasteiger partial charge is 0.121 e. The minimum atomic E-state index is 0.150. The average Bonchev–Trinajstić information content (AvgIpc) is 2.88. The summed E-state index contributed by atoms with van der Waals surface area (Å²) in [5.41, 5.74) is 10.4. The molecule has 2 aromatic carbocycles. The quantitative estimate of drug-likeness (QED) is 0.190. The van der Waals surface area contributed by atoms with Crippen LogP contribution in [-0.4, -0.2) is 22.8 Å². The van der Waals surface area contributed by atoms with E-state index in [1.54, 1.807) is 37.6 Å². The largest absolute Gasteiger partial charge is 0.497 e. The number of aromatic nitrogens is 2. The molecule has 0 atom stereocenters.